The van der Waals surface area contributed by atoms with Crippen LogP contribution >= 0.6 is 0 Å². The number of hydrogen-bond donors (Lipinski definition) is 0. The fourth-order valence-corrected chi connectivity index (χ4v) is 4.11. The summed E-state index contributed by atoms with van der Waals surface area (Å²) in [5.74, 6) is -0.753. The van der Waals surface area contributed by atoms with Gasteiger partial charge in [-0.2, -0.15) is 0 Å². The second-order valence-electron chi connectivity index (χ2n) is 8.35. The zero-order chi connectivity index (χ0) is 20.5. The minimum absolute atomic E-state index is 0.0839. The monoisotopic (exact) mass is 390 g/mol. The van der Waals surface area contributed by atoms with Crippen molar-refractivity contribution in [2.75, 3.05) is 0 Å². The van der Waals surface area contributed by atoms with Crippen molar-refractivity contribution in [1.82, 2.24) is 0 Å². The molecule has 0 N–H and O–H groups in total. The third kappa shape index (κ3) is 4.39. The van der Waals surface area contributed by atoms with Gasteiger partial charge < -0.3 is 9.47 Å². The van der Waals surface area contributed by atoms with Crippen molar-refractivity contribution in [3.8, 4) is 0 Å². The van der Waals surface area contributed by atoms with Gasteiger partial charge in [0.05, 0.1) is 0 Å². The highest BCUT2D eigenvalue weighted by atomic mass is 17.2. The SMILES string of the molecule is C=C1C(=O)O[C@H]2/C=C(\C)CCC(OC(C)=O)[C@]3(C)CC[C@H](OO3)/C(C)=C/C[C@@H]12. The Morgan fingerprint density at radius 1 is 1.32 bits per heavy atom. The van der Waals surface area contributed by atoms with Gasteiger partial charge in [-0.3, -0.25) is 4.79 Å². The van der Waals surface area contributed by atoms with Gasteiger partial charge in [0.25, 0.3) is 0 Å². The molecule has 1 unspecified atom stereocenters. The number of carbonyl (C=O) groups excluding carboxylic acids is 2. The summed E-state index contributed by atoms with van der Waals surface area (Å²) < 4.78 is 11.1. The summed E-state index contributed by atoms with van der Waals surface area (Å²) in [6.07, 6.45) is 6.66. The summed E-state index contributed by atoms with van der Waals surface area (Å²) in [5, 5.41) is 0. The van der Waals surface area contributed by atoms with Gasteiger partial charge in [-0.05, 0) is 64.5 Å². The van der Waals surface area contributed by atoms with Crippen molar-refractivity contribution in [1.29, 1.82) is 0 Å². The van der Waals surface area contributed by atoms with Crippen molar-refractivity contribution < 1.29 is 28.8 Å². The molecule has 28 heavy (non-hydrogen) atoms. The van der Waals surface area contributed by atoms with Crippen LogP contribution in [0.4, 0.5) is 0 Å². The Balaban J connectivity index is 1.91. The highest BCUT2D eigenvalue weighted by Crippen LogP contribution is 2.38. The van der Waals surface area contributed by atoms with Crippen LogP contribution in [0.15, 0.2) is 35.5 Å². The van der Waals surface area contributed by atoms with Gasteiger partial charge in [0.2, 0.25) is 0 Å². The molecule has 3 aliphatic heterocycles. The third-order valence-electron chi connectivity index (χ3n) is 6.05. The van der Waals surface area contributed by atoms with E-state index in [0.717, 1.165) is 24.0 Å². The first-order valence-corrected chi connectivity index (χ1v) is 9.95. The normalized spacial score (nSPS) is 40.4. The molecule has 0 amide bonds. The molecular weight excluding hydrogens is 360 g/mol. The molecule has 5 atom stereocenters. The van der Waals surface area contributed by atoms with Gasteiger partial charge in [0.1, 0.15) is 23.9 Å². The van der Waals surface area contributed by atoms with E-state index in [9.17, 15) is 9.59 Å². The molecule has 2 saturated heterocycles. The second kappa shape index (κ2) is 8.21. The van der Waals surface area contributed by atoms with Gasteiger partial charge in [-0.15, -0.1) is 0 Å². The van der Waals surface area contributed by atoms with Gasteiger partial charge >= 0.3 is 11.9 Å². The van der Waals surface area contributed by atoms with Crippen molar-refractivity contribution in [2.24, 2.45) is 5.92 Å². The lowest BCUT2D eigenvalue weighted by Gasteiger charge is -2.41. The Labute approximate surface area is 166 Å². The predicted octanol–water partition coefficient (Wildman–Crippen LogP) is 3.96. The molecule has 2 fully saturated rings. The lowest BCUT2D eigenvalue weighted by Crippen LogP contribution is -2.49. The van der Waals surface area contributed by atoms with Crippen LogP contribution in [0, 0.1) is 5.92 Å². The molecule has 0 radical (unpaired) electrons. The number of esters is 2. The molecule has 1 aliphatic carbocycles. The van der Waals surface area contributed by atoms with Crippen molar-refractivity contribution in [3.63, 3.8) is 0 Å². The largest absolute Gasteiger partial charge is 0.459 e. The fourth-order valence-electron chi connectivity index (χ4n) is 4.11. The Morgan fingerprint density at radius 3 is 2.71 bits per heavy atom. The molecule has 2 bridgehead atoms. The first-order chi connectivity index (χ1) is 13.2. The molecule has 6 nitrogen and oxygen atoms in total. The van der Waals surface area contributed by atoms with E-state index < -0.39 is 11.7 Å². The molecule has 4 aliphatic rings. The van der Waals surface area contributed by atoms with E-state index in [1.54, 1.807) is 0 Å². The minimum atomic E-state index is -0.691. The number of carbonyl (C=O) groups is 2. The zero-order valence-corrected chi connectivity index (χ0v) is 17.2. The van der Waals surface area contributed by atoms with Crippen LogP contribution in [0.2, 0.25) is 0 Å². The predicted molar refractivity (Wildman–Crippen MR) is 103 cm³/mol. The third-order valence-corrected chi connectivity index (χ3v) is 6.05. The first kappa shape index (κ1) is 20.8. The Hall–Kier alpha value is -1.92. The van der Waals surface area contributed by atoms with Crippen molar-refractivity contribution in [3.05, 3.63) is 35.5 Å². The van der Waals surface area contributed by atoms with E-state index in [4.69, 9.17) is 19.2 Å². The molecule has 3 heterocycles. The first-order valence-electron chi connectivity index (χ1n) is 9.95. The zero-order valence-electron chi connectivity index (χ0n) is 17.2. The van der Waals surface area contributed by atoms with E-state index in [1.807, 2.05) is 26.8 Å². The summed E-state index contributed by atoms with van der Waals surface area (Å²) in [6.45, 7) is 11.3. The van der Waals surface area contributed by atoms with Gasteiger partial charge in [-0.25, -0.2) is 14.6 Å². The maximum atomic E-state index is 12.0. The van der Waals surface area contributed by atoms with Crippen molar-refractivity contribution in [2.45, 2.75) is 83.7 Å². The highest BCUT2D eigenvalue weighted by molar-refractivity contribution is 5.91. The highest BCUT2D eigenvalue weighted by Gasteiger charge is 2.44. The summed E-state index contributed by atoms with van der Waals surface area (Å²) in [5.41, 5.74) is 1.94. The lowest BCUT2D eigenvalue weighted by atomic mass is 9.85. The number of rotatable bonds is 1. The summed E-state index contributed by atoms with van der Waals surface area (Å²) in [4.78, 5) is 35.2. The van der Waals surface area contributed by atoms with Gasteiger partial charge in [0, 0.05) is 18.4 Å². The standard InChI is InChI=1S/C22H30O6/c1-13-6-9-20(25-16(4)23)22(5)11-10-18(27-28-22)14(2)7-8-17-15(3)21(24)26-19(17)12-13/h7,12,17-20H,3,6,8-11H2,1-2,4-5H3/b13-12+,14-7+/t17-,18-,19-,20?,22-/m0/s1. The Kier molecular flexibility index (Phi) is 6.10. The molecule has 0 aromatic rings. The van der Waals surface area contributed by atoms with Crippen LogP contribution in [-0.4, -0.2) is 35.9 Å². The maximum absolute atomic E-state index is 12.0. The van der Waals surface area contributed by atoms with Crippen LogP contribution in [0.5, 0.6) is 0 Å². The topological polar surface area (TPSA) is 71.1 Å². The van der Waals surface area contributed by atoms with E-state index in [0.29, 0.717) is 24.8 Å². The summed E-state index contributed by atoms with van der Waals surface area (Å²) in [7, 11) is 0. The smallest absolute Gasteiger partial charge is 0.334 e. The molecule has 4 rings (SSSR count). The molecular formula is C22H30O6. The molecule has 6 heteroatoms. The van der Waals surface area contributed by atoms with Crippen molar-refractivity contribution >= 4 is 11.9 Å². The second-order valence-corrected chi connectivity index (χ2v) is 8.35. The van der Waals surface area contributed by atoms with Gasteiger partial charge in [0.15, 0.2) is 0 Å². The van der Waals surface area contributed by atoms with Crippen LogP contribution in [0.1, 0.15) is 59.8 Å². The van der Waals surface area contributed by atoms with Crippen LogP contribution in [0.3, 0.4) is 0 Å². The molecule has 0 spiro atoms. The average molecular weight is 390 g/mol. The van der Waals surface area contributed by atoms with Crippen LogP contribution < -0.4 is 0 Å². The molecule has 154 valence electrons. The van der Waals surface area contributed by atoms with Gasteiger partial charge in [-0.1, -0.05) is 18.2 Å². The number of ether oxygens (including phenoxy) is 2. The Bertz CT molecular complexity index is 711. The number of fused-ring (bicyclic) bond motifs is 6. The van der Waals surface area contributed by atoms with E-state index in [-0.39, 0.29) is 30.1 Å². The number of hydrogen-bond acceptors (Lipinski definition) is 6. The lowest BCUT2D eigenvalue weighted by molar-refractivity contribution is -0.412. The number of allylic oxidation sites excluding steroid dienone is 2. The van der Waals surface area contributed by atoms with E-state index in [2.05, 4.69) is 12.7 Å². The van der Waals surface area contributed by atoms with Crippen LogP contribution in [0.25, 0.3) is 0 Å². The minimum Gasteiger partial charge on any atom is -0.459 e. The van der Waals surface area contributed by atoms with Crippen LogP contribution in [-0.2, 0) is 28.8 Å². The summed E-state index contributed by atoms with van der Waals surface area (Å²) in [6, 6.07) is 0. The summed E-state index contributed by atoms with van der Waals surface area (Å²) >= 11 is 0. The van der Waals surface area contributed by atoms with E-state index >= 15 is 0 Å². The average Bonchev–Trinajstić information content (AvgIpc) is 2.89. The van der Waals surface area contributed by atoms with E-state index in [1.165, 1.54) is 6.92 Å². The quantitative estimate of drug-likeness (QED) is 0.292. The molecule has 0 saturated carbocycles. The fraction of sp³-hybridized carbons (Fsp3) is 0.636. The molecule has 0 aromatic carbocycles. The molecule has 0 aromatic heterocycles. The maximum Gasteiger partial charge on any atom is 0.334 e. The Morgan fingerprint density at radius 2 is 2.07 bits per heavy atom.